The van der Waals surface area contributed by atoms with Crippen molar-refractivity contribution in [3.8, 4) is 23.2 Å². The summed E-state index contributed by atoms with van der Waals surface area (Å²) in [6.07, 6.45) is 6.51. The van der Waals surface area contributed by atoms with Crippen LogP contribution in [0.15, 0.2) is 79.6 Å². The van der Waals surface area contributed by atoms with Crippen molar-refractivity contribution >= 4 is 17.4 Å². The molecule has 9 heteroatoms. The third-order valence-corrected chi connectivity index (χ3v) is 4.17. The number of hydrogen-bond donors (Lipinski definition) is 2. The van der Waals surface area contributed by atoms with Crippen LogP contribution in [0.3, 0.4) is 0 Å². The molecule has 4 rings (SSSR count). The number of carbonyl (C=O) groups is 1. The molecule has 0 fully saturated rings. The minimum Gasteiger partial charge on any atom is -0.492 e. The van der Waals surface area contributed by atoms with Gasteiger partial charge in [-0.05, 0) is 43.3 Å². The van der Waals surface area contributed by atoms with Crippen molar-refractivity contribution in [1.82, 2.24) is 19.5 Å². The Kier molecular flexibility index (Phi) is 6.03. The zero-order valence-electron chi connectivity index (χ0n) is 16.7. The van der Waals surface area contributed by atoms with Gasteiger partial charge >= 0.3 is 6.03 Å². The van der Waals surface area contributed by atoms with Crippen LogP contribution in [0.1, 0.15) is 6.92 Å². The Morgan fingerprint density at radius 1 is 1.06 bits per heavy atom. The van der Waals surface area contributed by atoms with Gasteiger partial charge in [-0.3, -0.25) is 4.57 Å². The molecule has 0 radical (unpaired) electrons. The van der Waals surface area contributed by atoms with E-state index in [-0.39, 0.29) is 6.03 Å². The van der Waals surface area contributed by atoms with Crippen molar-refractivity contribution in [1.29, 1.82) is 0 Å². The van der Waals surface area contributed by atoms with Crippen LogP contribution in [0.4, 0.5) is 16.2 Å². The number of nitrogens with one attached hydrogen (secondary N) is 2. The zero-order chi connectivity index (χ0) is 21.5. The number of amides is 2. The molecule has 31 heavy (non-hydrogen) atoms. The lowest BCUT2D eigenvalue weighted by Gasteiger charge is -2.12. The summed E-state index contributed by atoms with van der Waals surface area (Å²) in [5.74, 6) is 2.22. The molecule has 0 aliphatic carbocycles. The van der Waals surface area contributed by atoms with Crippen LogP contribution in [0.5, 0.6) is 17.4 Å². The minimum absolute atomic E-state index is 0.374. The number of imidazole rings is 1. The van der Waals surface area contributed by atoms with Crippen LogP contribution >= 0.6 is 0 Å². The summed E-state index contributed by atoms with van der Waals surface area (Å²) in [5.41, 5.74) is 1.21. The number of ether oxygens (including phenoxy) is 2. The third-order valence-electron chi connectivity index (χ3n) is 4.17. The summed E-state index contributed by atoms with van der Waals surface area (Å²) in [4.78, 5) is 24.6. The highest BCUT2D eigenvalue weighted by molar-refractivity contribution is 6.00. The Balaban J connectivity index is 1.38. The fraction of sp³-hybridized carbons (Fsp3) is 0.0909. The summed E-state index contributed by atoms with van der Waals surface area (Å²) >= 11 is 0. The van der Waals surface area contributed by atoms with E-state index >= 15 is 0 Å². The second-order valence-electron chi connectivity index (χ2n) is 6.32. The van der Waals surface area contributed by atoms with Crippen LogP contribution < -0.4 is 20.1 Å². The Morgan fingerprint density at radius 2 is 1.90 bits per heavy atom. The first kappa shape index (κ1) is 19.9. The lowest BCUT2D eigenvalue weighted by molar-refractivity contribution is 0.262. The van der Waals surface area contributed by atoms with Crippen LogP contribution in [0, 0.1) is 0 Å². The number of hydrogen-bond acceptors (Lipinski definition) is 6. The molecule has 0 unspecified atom stereocenters. The topological polar surface area (TPSA) is 103 Å². The van der Waals surface area contributed by atoms with Crippen LogP contribution in [-0.4, -0.2) is 32.2 Å². The van der Waals surface area contributed by atoms with Crippen LogP contribution in [0.25, 0.3) is 5.82 Å². The van der Waals surface area contributed by atoms with E-state index in [2.05, 4.69) is 25.6 Å². The molecule has 4 aromatic rings. The minimum atomic E-state index is -0.374. The van der Waals surface area contributed by atoms with Gasteiger partial charge in [0.05, 0.1) is 12.3 Å². The van der Waals surface area contributed by atoms with Gasteiger partial charge in [0.25, 0.3) is 0 Å². The number of para-hydroxylation sites is 2. The largest absolute Gasteiger partial charge is 0.492 e. The van der Waals surface area contributed by atoms with E-state index in [9.17, 15) is 4.79 Å². The van der Waals surface area contributed by atoms with Gasteiger partial charge in [-0.2, -0.15) is 0 Å². The van der Waals surface area contributed by atoms with E-state index in [1.807, 2.05) is 19.1 Å². The van der Waals surface area contributed by atoms with Gasteiger partial charge in [-0.25, -0.2) is 19.7 Å². The number of nitrogens with zero attached hydrogens (tertiary/aromatic N) is 4. The smallest absolute Gasteiger partial charge is 0.323 e. The highest BCUT2D eigenvalue weighted by Crippen LogP contribution is 2.25. The Morgan fingerprint density at radius 3 is 2.68 bits per heavy atom. The van der Waals surface area contributed by atoms with Gasteiger partial charge in [-0.1, -0.05) is 12.1 Å². The van der Waals surface area contributed by atoms with E-state index in [1.54, 1.807) is 65.8 Å². The first-order valence-corrected chi connectivity index (χ1v) is 9.59. The molecule has 2 aromatic carbocycles. The molecule has 2 heterocycles. The van der Waals surface area contributed by atoms with Crippen molar-refractivity contribution in [2.45, 2.75) is 6.92 Å². The normalized spacial score (nSPS) is 10.4. The zero-order valence-corrected chi connectivity index (χ0v) is 16.7. The van der Waals surface area contributed by atoms with Gasteiger partial charge in [-0.15, -0.1) is 0 Å². The standard InChI is InChI=1S/C22H20N6O3/c1-2-30-19-6-4-3-5-18(19)27-22(29)26-16-7-9-17(10-8-16)31-21-13-20(24-14-25-21)28-12-11-23-15-28/h3-15H,2H2,1H3,(H2,26,27,29). The lowest BCUT2D eigenvalue weighted by Crippen LogP contribution is -2.19. The summed E-state index contributed by atoms with van der Waals surface area (Å²) in [5, 5.41) is 5.57. The molecule has 0 atom stereocenters. The highest BCUT2D eigenvalue weighted by Gasteiger charge is 2.08. The predicted octanol–water partition coefficient (Wildman–Crippen LogP) is 4.50. The quantitative estimate of drug-likeness (QED) is 0.460. The Labute approximate surface area is 178 Å². The number of urea groups is 1. The van der Waals surface area contributed by atoms with Gasteiger partial charge < -0.3 is 20.1 Å². The van der Waals surface area contributed by atoms with Gasteiger partial charge in [0.2, 0.25) is 5.88 Å². The van der Waals surface area contributed by atoms with E-state index in [1.165, 1.54) is 6.33 Å². The van der Waals surface area contributed by atoms with E-state index in [4.69, 9.17) is 9.47 Å². The fourth-order valence-corrected chi connectivity index (χ4v) is 2.78. The van der Waals surface area contributed by atoms with Crippen molar-refractivity contribution in [2.75, 3.05) is 17.2 Å². The summed E-state index contributed by atoms with van der Waals surface area (Å²) in [6.45, 7) is 2.40. The molecule has 0 bridgehead atoms. The Hall–Kier alpha value is -4.40. The number of anilines is 2. The third kappa shape index (κ3) is 5.15. The number of aromatic nitrogens is 4. The van der Waals surface area contributed by atoms with Crippen LogP contribution in [0.2, 0.25) is 0 Å². The second-order valence-corrected chi connectivity index (χ2v) is 6.32. The molecule has 0 aliphatic heterocycles. The average Bonchev–Trinajstić information content (AvgIpc) is 3.32. The first-order chi connectivity index (χ1) is 15.2. The predicted molar refractivity (Wildman–Crippen MR) is 116 cm³/mol. The highest BCUT2D eigenvalue weighted by atomic mass is 16.5. The fourth-order valence-electron chi connectivity index (χ4n) is 2.78. The number of carbonyl (C=O) groups excluding carboxylic acids is 1. The molecule has 2 aromatic heterocycles. The number of benzene rings is 2. The maximum atomic E-state index is 12.3. The monoisotopic (exact) mass is 416 g/mol. The molecule has 2 N–H and O–H groups in total. The van der Waals surface area contributed by atoms with Gasteiger partial charge in [0.1, 0.15) is 30.0 Å². The SMILES string of the molecule is CCOc1ccccc1NC(=O)Nc1ccc(Oc2cc(-n3ccnc3)ncn2)cc1. The maximum Gasteiger partial charge on any atom is 0.323 e. The van der Waals surface area contributed by atoms with E-state index in [0.717, 1.165) is 0 Å². The van der Waals surface area contributed by atoms with E-state index < -0.39 is 0 Å². The summed E-state index contributed by atoms with van der Waals surface area (Å²) < 4.78 is 13.1. The molecule has 0 aliphatic rings. The molecule has 0 spiro atoms. The van der Waals surface area contributed by atoms with Crippen molar-refractivity contribution in [2.24, 2.45) is 0 Å². The molecule has 9 nitrogen and oxygen atoms in total. The molecule has 0 saturated carbocycles. The molecule has 2 amide bonds. The second kappa shape index (κ2) is 9.40. The van der Waals surface area contributed by atoms with Gasteiger partial charge in [0.15, 0.2) is 0 Å². The Bertz CT molecular complexity index is 1150. The molecular weight excluding hydrogens is 396 g/mol. The van der Waals surface area contributed by atoms with Crippen LogP contribution in [-0.2, 0) is 0 Å². The van der Waals surface area contributed by atoms with Gasteiger partial charge in [0, 0.05) is 24.1 Å². The molecule has 0 saturated heterocycles. The average molecular weight is 416 g/mol. The molecular formula is C22H20N6O3. The van der Waals surface area contributed by atoms with Crippen molar-refractivity contribution in [3.05, 3.63) is 79.6 Å². The summed E-state index contributed by atoms with van der Waals surface area (Å²) in [7, 11) is 0. The molecule has 156 valence electrons. The van der Waals surface area contributed by atoms with Crippen molar-refractivity contribution < 1.29 is 14.3 Å². The van der Waals surface area contributed by atoms with E-state index in [0.29, 0.717) is 41.2 Å². The lowest BCUT2D eigenvalue weighted by atomic mass is 10.3. The van der Waals surface area contributed by atoms with Crippen molar-refractivity contribution in [3.63, 3.8) is 0 Å². The maximum absolute atomic E-state index is 12.3. The first-order valence-electron chi connectivity index (χ1n) is 9.59. The number of rotatable bonds is 7. The summed E-state index contributed by atoms with van der Waals surface area (Å²) in [6, 6.07) is 15.5.